The fourth-order valence-electron chi connectivity index (χ4n) is 1.28. The lowest BCUT2D eigenvalue weighted by molar-refractivity contribution is 0.171. The molecule has 0 aliphatic heterocycles. The Balaban J connectivity index is 2.68. The van der Waals surface area contributed by atoms with Gasteiger partial charge in [-0.2, -0.15) is 4.98 Å². The Labute approximate surface area is 95.6 Å². The van der Waals surface area contributed by atoms with E-state index < -0.39 is 0 Å². The second kappa shape index (κ2) is 6.24. The molecule has 16 heavy (non-hydrogen) atoms. The van der Waals surface area contributed by atoms with Crippen molar-refractivity contribution in [2.45, 2.75) is 19.9 Å². The van der Waals surface area contributed by atoms with Crippen molar-refractivity contribution in [1.82, 2.24) is 9.97 Å². The maximum Gasteiger partial charge on any atom is 0.239 e. The molecule has 0 aliphatic carbocycles. The van der Waals surface area contributed by atoms with Crippen LogP contribution in [0, 0.1) is 5.92 Å². The van der Waals surface area contributed by atoms with E-state index in [1.54, 1.807) is 19.4 Å². The number of nitrogens with zero attached hydrogens (tertiary/aromatic N) is 2. The van der Waals surface area contributed by atoms with Crippen molar-refractivity contribution in [3.05, 3.63) is 12.3 Å². The summed E-state index contributed by atoms with van der Waals surface area (Å²) in [5.41, 5.74) is 2.41. The molecular formula is C10H19N5O. The molecule has 90 valence electrons. The van der Waals surface area contributed by atoms with E-state index in [1.165, 1.54) is 0 Å². The Morgan fingerprint density at radius 1 is 1.50 bits per heavy atom. The smallest absolute Gasteiger partial charge is 0.239 e. The zero-order valence-corrected chi connectivity index (χ0v) is 9.90. The summed E-state index contributed by atoms with van der Waals surface area (Å²) in [6.07, 6.45) is 1.65. The first kappa shape index (κ1) is 12.7. The molecular weight excluding hydrogens is 206 g/mol. The molecule has 1 heterocycles. The highest BCUT2D eigenvalue weighted by Gasteiger charge is 2.13. The van der Waals surface area contributed by atoms with Crippen molar-refractivity contribution in [3.63, 3.8) is 0 Å². The van der Waals surface area contributed by atoms with E-state index in [4.69, 9.17) is 10.6 Å². The summed E-state index contributed by atoms with van der Waals surface area (Å²) in [5.74, 6) is 6.82. The van der Waals surface area contributed by atoms with Gasteiger partial charge in [-0.25, -0.2) is 10.8 Å². The zero-order valence-electron chi connectivity index (χ0n) is 9.90. The number of rotatable bonds is 6. The molecule has 0 aromatic carbocycles. The Bertz CT molecular complexity index is 318. The molecule has 1 aromatic rings. The Kier molecular flexibility index (Phi) is 4.94. The van der Waals surface area contributed by atoms with Crippen LogP contribution in [0.5, 0.6) is 0 Å². The van der Waals surface area contributed by atoms with Crippen LogP contribution in [-0.2, 0) is 4.74 Å². The molecule has 0 spiro atoms. The minimum Gasteiger partial charge on any atom is -0.383 e. The number of hydrazine groups is 1. The third-order valence-corrected chi connectivity index (χ3v) is 2.27. The van der Waals surface area contributed by atoms with E-state index in [0.717, 1.165) is 5.82 Å². The Morgan fingerprint density at radius 2 is 2.25 bits per heavy atom. The SMILES string of the molecule is COCC(Nc1ccnc(NN)n1)C(C)C. The quantitative estimate of drug-likeness (QED) is 0.491. The number of nitrogen functional groups attached to an aromatic ring is 1. The summed E-state index contributed by atoms with van der Waals surface area (Å²) in [7, 11) is 1.68. The van der Waals surface area contributed by atoms with Gasteiger partial charge in [0.2, 0.25) is 5.95 Å². The normalized spacial score (nSPS) is 12.6. The second-order valence-corrected chi connectivity index (χ2v) is 3.86. The van der Waals surface area contributed by atoms with Crippen molar-refractivity contribution in [1.29, 1.82) is 0 Å². The number of ether oxygens (including phenoxy) is 1. The van der Waals surface area contributed by atoms with Crippen LogP contribution in [-0.4, -0.2) is 29.7 Å². The molecule has 6 heteroatoms. The minimum absolute atomic E-state index is 0.213. The summed E-state index contributed by atoms with van der Waals surface area (Å²) in [5, 5.41) is 3.28. The zero-order chi connectivity index (χ0) is 12.0. The molecule has 6 nitrogen and oxygen atoms in total. The molecule has 0 saturated carbocycles. The fraction of sp³-hybridized carbons (Fsp3) is 0.600. The van der Waals surface area contributed by atoms with E-state index in [-0.39, 0.29) is 6.04 Å². The molecule has 0 radical (unpaired) electrons. The van der Waals surface area contributed by atoms with Crippen LogP contribution in [0.1, 0.15) is 13.8 Å². The molecule has 4 N–H and O–H groups in total. The predicted octanol–water partition coefficient (Wildman–Crippen LogP) is 0.845. The number of nitrogens with one attached hydrogen (secondary N) is 2. The summed E-state index contributed by atoms with van der Waals surface area (Å²) < 4.78 is 5.15. The highest BCUT2D eigenvalue weighted by Crippen LogP contribution is 2.11. The van der Waals surface area contributed by atoms with Crippen LogP contribution in [0.3, 0.4) is 0 Å². The second-order valence-electron chi connectivity index (χ2n) is 3.86. The molecule has 0 fully saturated rings. The predicted molar refractivity (Wildman–Crippen MR) is 64.0 cm³/mol. The maximum absolute atomic E-state index is 5.24. The van der Waals surface area contributed by atoms with E-state index in [1.807, 2.05) is 0 Å². The third-order valence-electron chi connectivity index (χ3n) is 2.27. The summed E-state index contributed by atoms with van der Waals surface area (Å²) in [4.78, 5) is 8.12. The summed E-state index contributed by atoms with van der Waals surface area (Å²) in [6.45, 7) is 4.88. The van der Waals surface area contributed by atoms with Gasteiger partial charge in [0.15, 0.2) is 0 Å². The van der Waals surface area contributed by atoms with Crippen LogP contribution in [0.25, 0.3) is 0 Å². The lowest BCUT2D eigenvalue weighted by Crippen LogP contribution is -2.31. The number of methoxy groups -OCH3 is 1. The standard InChI is InChI=1S/C10H19N5O/c1-7(2)8(6-16-3)13-9-4-5-12-10(14-9)15-11/h4-5,7-8H,6,11H2,1-3H3,(H2,12,13,14,15). The van der Waals surface area contributed by atoms with E-state index in [9.17, 15) is 0 Å². The minimum atomic E-state index is 0.213. The van der Waals surface area contributed by atoms with Crippen molar-refractivity contribution in [2.75, 3.05) is 24.5 Å². The summed E-state index contributed by atoms with van der Waals surface area (Å²) in [6, 6.07) is 2.01. The molecule has 1 rings (SSSR count). The first-order chi connectivity index (χ1) is 7.67. The third kappa shape index (κ3) is 3.63. The number of nitrogens with two attached hydrogens (primary N) is 1. The van der Waals surface area contributed by atoms with Crippen LogP contribution in [0.2, 0.25) is 0 Å². The van der Waals surface area contributed by atoms with E-state index in [2.05, 4.69) is 34.6 Å². The lowest BCUT2D eigenvalue weighted by Gasteiger charge is -2.22. The van der Waals surface area contributed by atoms with Crippen LogP contribution in [0.4, 0.5) is 11.8 Å². The van der Waals surface area contributed by atoms with Crippen LogP contribution < -0.4 is 16.6 Å². The fourth-order valence-corrected chi connectivity index (χ4v) is 1.28. The topological polar surface area (TPSA) is 85.1 Å². The van der Waals surface area contributed by atoms with Gasteiger partial charge in [0.05, 0.1) is 12.6 Å². The van der Waals surface area contributed by atoms with Gasteiger partial charge in [-0.05, 0) is 12.0 Å². The lowest BCUT2D eigenvalue weighted by atomic mass is 10.1. The molecule has 0 aliphatic rings. The number of anilines is 2. The molecule has 0 bridgehead atoms. The molecule has 1 unspecified atom stereocenters. The number of aromatic nitrogens is 2. The van der Waals surface area contributed by atoms with Crippen molar-refractivity contribution < 1.29 is 4.74 Å². The maximum atomic E-state index is 5.24. The summed E-state index contributed by atoms with van der Waals surface area (Å²) >= 11 is 0. The van der Waals surface area contributed by atoms with Gasteiger partial charge >= 0.3 is 0 Å². The van der Waals surface area contributed by atoms with Gasteiger partial charge in [-0.3, -0.25) is 5.43 Å². The van der Waals surface area contributed by atoms with Gasteiger partial charge in [-0.1, -0.05) is 13.8 Å². The van der Waals surface area contributed by atoms with Crippen LogP contribution in [0.15, 0.2) is 12.3 Å². The van der Waals surface area contributed by atoms with E-state index in [0.29, 0.717) is 18.5 Å². The average molecular weight is 225 g/mol. The first-order valence-electron chi connectivity index (χ1n) is 5.22. The Morgan fingerprint density at radius 3 is 2.81 bits per heavy atom. The van der Waals surface area contributed by atoms with Gasteiger partial charge in [-0.15, -0.1) is 0 Å². The molecule has 1 aromatic heterocycles. The average Bonchev–Trinajstić information content (AvgIpc) is 2.28. The highest BCUT2D eigenvalue weighted by atomic mass is 16.5. The van der Waals surface area contributed by atoms with Crippen molar-refractivity contribution >= 4 is 11.8 Å². The van der Waals surface area contributed by atoms with Crippen LogP contribution >= 0.6 is 0 Å². The number of hydrogen-bond donors (Lipinski definition) is 3. The van der Waals surface area contributed by atoms with Gasteiger partial charge in [0, 0.05) is 13.3 Å². The molecule has 0 saturated heterocycles. The van der Waals surface area contributed by atoms with Crippen molar-refractivity contribution in [3.8, 4) is 0 Å². The first-order valence-corrected chi connectivity index (χ1v) is 5.22. The highest BCUT2D eigenvalue weighted by molar-refractivity contribution is 5.39. The monoisotopic (exact) mass is 225 g/mol. The van der Waals surface area contributed by atoms with Crippen molar-refractivity contribution in [2.24, 2.45) is 11.8 Å². The van der Waals surface area contributed by atoms with E-state index >= 15 is 0 Å². The van der Waals surface area contributed by atoms with Gasteiger partial charge in [0.25, 0.3) is 0 Å². The van der Waals surface area contributed by atoms with Gasteiger partial charge < -0.3 is 10.1 Å². The largest absolute Gasteiger partial charge is 0.383 e. The molecule has 1 atom stereocenters. The van der Waals surface area contributed by atoms with Gasteiger partial charge in [0.1, 0.15) is 5.82 Å². The Hall–Kier alpha value is -1.40. The number of hydrogen-bond acceptors (Lipinski definition) is 6. The molecule has 0 amide bonds.